The highest BCUT2D eigenvalue weighted by Gasteiger charge is 2.24. The zero-order chi connectivity index (χ0) is 9.80. The standard InChI is InChI=1S/C14H24/c1-12-9-10-13-7-5-3-2-4-6-8-14(13)11-12/h9,13-14H,2-8,10-11H2,1H3. The van der Waals surface area contributed by atoms with Gasteiger partial charge in [-0.1, -0.05) is 43.8 Å². The molecule has 0 aromatic rings. The molecule has 0 N–H and O–H groups in total. The molecule has 0 saturated heterocycles. The molecule has 2 unspecified atom stereocenters. The van der Waals surface area contributed by atoms with Gasteiger partial charge in [0.15, 0.2) is 0 Å². The van der Waals surface area contributed by atoms with Crippen molar-refractivity contribution >= 4 is 0 Å². The highest BCUT2D eigenvalue weighted by atomic mass is 14.3. The van der Waals surface area contributed by atoms with Gasteiger partial charge >= 0.3 is 0 Å². The van der Waals surface area contributed by atoms with E-state index in [4.69, 9.17) is 0 Å². The molecule has 14 heavy (non-hydrogen) atoms. The minimum atomic E-state index is 1.04. The van der Waals surface area contributed by atoms with Crippen LogP contribution in [0.15, 0.2) is 11.6 Å². The van der Waals surface area contributed by atoms with Crippen molar-refractivity contribution in [1.82, 2.24) is 0 Å². The maximum absolute atomic E-state index is 2.50. The average molecular weight is 192 g/mol. The maximum Gasteiger partial charge on any atom is -0.0292 e. The van der Waals surface area contributed by atoms with Crippen molar-refractivity contribution in [2.45, 2.75) is 64.7 Å². The number of hydrogen-bond donors (Lipinski definition) is 0. The van der Waals surface area contributed by atoms with Crippen molar-refractivity contribution in [2.75, 3.05) is 0 Å². The maximum atomic E-state index is 2.50. The van der Waals surface area contributed by atoms with Gasteiger partial charge in [0, 0.05) is 0 Å². The molecule has 0 radical (unpaired) electrons. The minimum Gasteiger partial charge on any atom is -0.0853 e. The Morgan fingerprint density at radius 1 is 0.929 bits per heavy atom. The van der Waals surface area contributed by atoms with Gasteiger partial charge in [0.1, 0.15) is 0 Å². The van der Waals surface area contributed by atoms with Crippen LogP contribution in [-0.4, -0.2) is 0 Å². The lowest BCUT2D eigenvalue weighted by Crippen LogP contribution is -2.18. The van der Waals surface area contributed by atoms with Crippen molar-refractivity contribution < 1.29 is 0 Å². The fourth-order valence-corrected chi connectivity index (χ4v) is 3.24. The summed E-state index contributed by atoms with van der Waals surface area (Å²) < 4.78 is 0. The first kappa shape index (κ1) is 10.3. The summed E-state index contributed by atoms with van der Waals surface area (Å²) in [6.45, 7) is 2.32. The van der Waals surface area contributed by atoms with Crippen LogP contribution < -0.4 is 0 Å². The fraction of sp³-hybridized carbons (Fsp3) is 0.857. The summed E-state index contributed by atoms with van der Waals surface area (Å²) >= 11 is 0. The third kappa shape index (κ3) is 2.62. The van der Waals surface area contributed by atoms with Gasteiger partial charge in [-0.15, -0.1) is 0 Å². The Morgan fingerprint density at radius 2 is 1.57 bits per heavy atom. The summed E-state index contributed by atoms with van der Waals surface area (Å²) in [4.78, 5) is 0. The van der Waals surface area contributed by atoms with Gasteiger partial charge in [0.05, 0.1) is 0 Å². The van der Waals surface area contributed by atoms with E-state index in [-0.39, 0.29) is 0 Å². The number of fused-ring (bicyclic) bond motifs is 1. The molecule has 2 aliphatic rings. The molecule has 2 atom stereocenters. The Hall–Kier alpha value is -0.260. The Balaban J connectivity index is 1.96. The zero-order valence-electron chi connectivity index (χ0n) is 9.60. The quantitative estimate of drug-likeness (QED) is 0.488. The minimum absolute atomic E-state index is 1.04. The van der Waals surface area contributed by atoms with Crippen molar-refractivity contribution in [3.05, 3.63) is 11.6 Å². The predicted molar refractivity (Wildman–Crippen MR) is 62.3 cm³/mol. The molecule has 1 saturated carbocycles. The van der Waals surface area contributed by atoms with E-state index in [0.29, 0.717) is 0 Å². The average Bonchev–Trinajstić information content (AvgIpc) is 2.29. The number of allylic oxidation sites excluding steroid dienone is 2. The Labute approximate surface area is 88.8 Å². The molecule has 0 bridgehead atoms. The molecule has 2 rings (SSSR count). The van der Waals surface area contributed by atoms with E-state index in [9.17, 15) is 0 Å². The molecule has 0 aromatic carbocycles. The Morgan fingerprint density at radius 3 is 2.36 bits per heavy atom. The predicted octanol–water partition coefficient (Wildman–Crippen LogP) is 4.70. The summed E-state index contributed by atoms with van der Waals surface area (Å²) in [7, 11) is 0. The molecule has 0 heterocycles. The third-order valence-corrected chi connectivity index (χ3v) is 4.17. The Bertz CT molecular complexity index is 202. The summed E-state index contributed by atoms with van der Waals surface area (Å²) in [5, 5.41) is 0. The lowest BCUT2D eigenvalue weighted by molar-refractivity contribution is 0.276. The third-order valence-electron chi connectivity index (χ3n) is 4.17. The molecular weight excluding hydrogens is 168 g/mol. The second-order valence-electron chi connectivity index (χ2n) is 5.36. The second-order valence-corrected chi connectivity index (χ2v) is 5.36. The topological polar surface area (TPSA) is 0 Å². The molecule has 0 nitrogen and oxygen atoms in total. The van der Waals surface area contributed by atoms with Crippen LogP contribution >= 0.6 is 0 Å². The van der Waals surface area contributed by atoms with E-state index >= 15 is 0 Å². The molecule has 80 valence electrons. The monoisotopic (exact) mass is 192 g/mol. The first-order chi connectivity index (χ1) is 6.86. The molecular formula is C14H24. The van der Waals surface area contributed by atoms with Crippen molar-refractivity contribution in [3.8, 4) is 0 Å². The molecule has 0 aromatic heterocycles. The van der Waals surface area contributed by atoms with Crippen LogP contribution in [0.25, 0.3) is 0 Å². The van der Waals surface area contributed by atoms with Gasteiger partial charge in [-0.2, -0.15) is 0 Å². The van der Waals surface area contributed by atoms with E-state index in [0.717, 1.165) is 11.8 Å². The molecule has 0 spiro atoms. The first-order valence-electron chi connectivity index (χ1n) is 6.52. The van der Waals surface area contributed by atoms with Crippen LogP contribution in [0.1, 0.15) is 64.7 Å². The largest absolute Gasteiger partial charge is 0.0853 e. The lowest BCUT2D eigenvalue weighted by atomic mass is 9.76. The number of rotatable bonds is 0. The first-order valence-corrected chi connectivity index (χ1v) is 6.52. The fourth-order valence-electron chi connectivity index (χ4n) is 3.24. The van der Waals surface area contributed by atoms with Crippen LogP contribution in [0.2, 0.25) is 0 Å². The van der Waals surface area contributed by atoms with E-state index in [1.165, 1.54) is 57.8 Å². The lowest BCUT2D eigenvalue weighted by Gasteiger charge is -2.30. The Kier molecular flexibility index (Phi) is 3.67. The van der Waals surface area contributed by atoms with Crippen molar-refractivity contribution in [3.63, 3.8) is 0 Å². The van der Waals surface area contributed by atoms with Crippen LogP contribution in [0.3, 0.4) is 0 Å². The van der Waals surface area contributed by atoms with Crippen molar-refractivity contribution in [2.24, 2.45) is 11.8 Å². The SMILES string of the molecule is CC1=CCC2CCCCCCCC2C1. The van der Waals surface area contributed by atoms with Gasteiger partial charge in [-0.25, -0.2) is 0 Å². The van der Waals surface area contributed by atoms with E-state index in [1.807, 2.05) is 0 Å². The summed E-state index contributed by atoms with van der Waals surface area (Å²) in [6.07, 6.45) is 15.8. The summed E-state index contributed by atoms with van der Waals surface area (Å²) in [5.41, 5.74) is 1.66. The highest BCUT2D eigenvalue weighted by Crippen LogP contribution is 2.37. The molecule has 2 aliphatic carbocycles. The van der Waals surface area contributed by atoms with Gasteiger partial charge in [-0.3, -0.25) is 0 Å². The summed E-state index contributed by atoms with van der Waals surface area (Å²) in [5.74, 6) is 2.08. The van der Waals surface area contributed by atoms with Crippen LogP contribution in [-0.2, 0) is 0 Å². The number of hydrogen-bond acceptors (Lipinski definition) is 0. The zero-order valence-corrected chi connectivity index (χ0v) is 9.60. The van der Waals surface area contributed by atoms with Crippen LogP contribution in [0, 0.1) is 11.8 Å². The van der Waals surface area contributed by atoms with Gasteiger partial charge in [-0.05, 0) is 44.4 Å². The van der Waals surface area contributed by atoms with Crippen LogP contribution in [0.5, 0.6) is 0 Å². The second kappa shape index (κ2) is 5.00. The van der Waals surface area contributed by atoms with Crippen molar-refractivity contribution in [1.29, 1.82) is 0 Å². The molecule has 0 amide bonds. The summed E-state index contributed by atoms with van der Waals surface area (Å²) in [6, 6.07) is 0. The van der Waals surface area contributed by atoms with Gasteiger partial charge in [0.2, 0.25) is 0 Å². The van der Waals surface area contributed by atoms with E-state index in [2.05, 4.69) is 13.0 Å². The smallest absolute Gasteiger partial charge is 0.0292 e. The van der Waals surface area contributed by atoms with E-state index < -0.39 is 0 Å². The van der Waals surface area contributed by atoms with Crippen LogP contribution in [0.4, 0.5) is 0 Å². The van der Waals surface area contributed by atoms with E-state index in [1.54, 1.807) is 5.57 Å². The highest BCUT2D eigenvalue weighted by molar-refractivity contribution is 5.05. The normalized spacial score (nSPS) is 34.8. The molecule has 1 fully saturated rings. The van der Waals surface area contributed by atoms with Gasteiger partial charge in [0.25, 0.3) is 0 Å². The molecule has 0 heteroatoms. The molecule has 0 aliphatic heterocycles. The van der Waals surface area contributed by atoms with Gasteiger partial charge < -0.3 is 0 Å².